The third-order valence-electron chi connectivity index (χ3n) is 4.51. The lowest BCUT2D eigenvalue weighted by atomic mass is 10.1. The highest BCUT2D eigenvalue weighted by molar-refractivity contribution is 7.99. The summed E-state index contributed by atoms with van der Waals surface area (Å²) >= 11 is 1.56. The largest absolute Gasteiger partial charge is 0.469 e. The van der Waals surface area contributed by atoms with Crippen molar-refractivity contribution < 1.29 is 19.1 Å². The summed E-state index contributed by atoms with van der Waals surface area (Å²) in [4.78, 5) is 40.2. The summed E-state index contributed by atoms with van der Waals surface area (Å²) in [5.41, 5.74) is 0.706. The number of rotatable bonds is 7. The fourth-order valence-corrected chi connectivity index (χ4v) is 3.99. The molecule has 7 nitrogen and oxygen atoms in total. The second kappa shape index (κ2) is 10.1. The average Bonchev–Trinajstić information content (AvgIpc) is 2.72. The number of amides is 2. The summed E-state index contributed by atoms with van der Waals surface area (Å²) in [6, 6.07) is 16.8. The van der Waals surface area contributed by atoms with Gasteiger partial charge in [0.15, 0.2) is 0 Å². The van der Waals surface area contributed by atoms with E-state index in [1.807, 2.05) is 54.6 Å². The van der Waals surface area contributed by atoms with E-state index in [1.54, 1.807) is 16.7 Å². The van der Waals surface area contributed by atoms with Crippen molar-refractivity contribution in [2.75, 3.05) is 32.1 Å². The number of hydrogen-bond donors (Lipinski definition) is 2. The topological polar surface area (TPSA) is 87.7 Å². The van der Waals surface area contributed by atoms with Crippen LogP contribution >= 0.6 is 11.8 Å². The maximum atomic E-state index is 12.7. The van der Waals surface area contributed by atoms with Gasteiger partial charge in [-0.1, -0.05) is 42.1 Å². The van der Waals surface area contributed by atoms with Gasteiger partial charge in [-0.15, -0.1) is 0 Å². The summed E-state index contributed by atoms with van der Waals surface area (Å²) in [6.07, 6.45) is -0.0872. The normalized spacial score (nSPS) is 16.7. The lowest BCUT2D eigenvalue weighted by Crippen LogP contribution is -2.57. The van der Waals surface area contributed by atoms with Gasteiger partial charge in [-0.2, -0.15) is 0 Å². The van der Waals surface area contributed by atoms with Crippen LogP contribution in [0.5, 0.6) is 0 Å². The zero-order chi connectivity index (χ0) is 20.6. The number of carbonyl (C=O) groups excluding carboxylic acids is 3. The van der Waals surface area contributed by atoms with Gasteiger partial charge in [0, 0.05) is 22.9 Å². The highest BCUT2D eigenvalue weighted by Gasteiger charge is 2.33. The van der Waals surface area contributed by atoms with Crippen LogP contribution in [0.15, 0.2) is 64.4 Å². The van der Waals surface area contributed by atoms with Crippen molar-refractivity contribution >= 4 is 35.2 Å². The number of benzene rings is 2. The van der Waals surface area contributed by atoms with E-state index >= 15 is 0 Å². The SMILES string of the molecule is COC(=O)CC1C(=O)NCCN1CC(=O)Nc1ccccc1Sc1ccccc1. The van der Waals surface area contributed by atoms with E-state index in [0.29, 0.717) is 18.8 Å². The summed E-state index contributed by atoms with van der Waals surface area (Å²) in [7, 11) is 1.28. The summed E-state index contributed by atoms with van der Waals surface area (Å²) in [5, 5.41) is 5.66. The molecule has 1 heterocycles. The monoisotopic (exact) mass is 413 g/mol. The number of nitrogens with zero attached hydrogens (tertiary/aromatic N) is 1. The summed E-state index contributed by atoms with van der Waals surface area (Å²) < 4.78 is 4.67. The van der Waals surface area contributed by atoms with Crippen LogP contribution in [0.3, 0.4) is 0 Å². The van der Waals surface area contributed by atoms with Crippen molar-refractivity contribution in [2.24, 2.45) is 0 Å². The number of nitrogens with one attached hydrogen (secondary N) is 2. The number of carbonyl (C=O) groups is 3. The second-order valence-electron chi connectivity index (χ2n) is 6.52. The molecule has 0 spiro atoms. The maximum Gasteiger partial charge on any atom is 0.307 e. The van der Waals surface area contributed by atoms with E-state index in [4.69, 9.17) is 0 Å². The molecule has 1 unspecified atom stereocenters. The molecule has 1 aliphatic rings. The number of para-hydroxylation sites is 1. The molecule has 0 saturated carbocycles. The number of anilines is 1. The van der Waals surface area contributed by atoms with Crippen LogP contribution < -0.4 is 10.6 Å². The first-order valence-electron chi connectivity index (χ1n) is 9.27. The van der Waals surface area contributed by atoms with Gasteiger partial charge in [0.25, 0.3) is 0 Å². The molecule has 2 amide bonds. The molecule has 1 fully saturated rings. The molecule has 29 heavy (non-hydrogen) atoms. The Morgan fingerprint density at radius 2 is 1.90 bits per heavy atom. The Labute approximate surface area is 173 Å². The first kappa shape index (κ1) is 20.9. The predicted octanol–water partition coefficient (Wildman–Crippen LogP) is 2.14. The highest BCUT2D eigenvalue weighted by Crippen LogP contribution is 2.33. The van der Waals surface area contributed by atoms with Gasteiger partial charge in [0.1, 0.15) is 6.04 Å². The van der Waals surface area contributed by atoms with Gasteiger partial charge in [0.2, 0.25) is 11.8 Å². The van der Waals surface area contributed by atoms with Crippen molar-refractivity contribution in [1.82, 2.24) is 10.2 Å². The van der Waals surface area contributed by atoms with Gasteiger partial charge < -0.3 is 15.4 Å². The van der Waals surface area contributed by atoms with E-state index in [9.17, 15) is 14.4 Å². The van der Waals surface area contributed by atoms with Crippen molar-refractivity contribution in [2.45, 2.75) is 22.3 Å². The molecule has 1 atom stereocenters. The molecule has 0 radical (unpaired) electrons. The predicted molar refractivity (Wildman–Crippen MR) is 111 cm³/mol. The number of hydrogen-bond acceptors (Lipinski definition) is 6. The van der Waals surface area contributed by atoms with E-state index in [-0.39, 0.29) is 24.8 Å². The zero-order valence-corrected chi connectivity index (χ0v) is 16.9. The van der Waals surface area contributed by atoms with Crippen LogP contribution in [0.2, 0.25) is 0 Å². The Balaban J connectivity index is 1.67. The van der Waals surface area contributed by atoms with Crippen LogP contribution in [0.1, 0.15) is 6.42 Å². The fourth-order valence-electron chi connectivity index (χ4n) is 3.06. The Kier molecular flexibility index (Phi) is 7.26. The minimum absolute atomic E-state index is 0.0133. The molecule has 1 saturated heterocycles. The zero-order valence-electron chi connectivity index (χ0n) is 16.1. The van der Waals surface area contributed by atoms with Crippen LogP contribution in [-0.2, 0) is 19.1 Å². The quantitative estimate of drug-likeness (QED) is 0.677. The van der Waals surface area contributed by atoms with E-state index in [0.717, 1.165) is 9.79 Å². The minimum atomic E-state index is -0.712. The van der Waals surface area contributed by atoms with E-state index in [1.165, 1.54) is 7.11 Å². The van der Waals surface area contributed by atoms with Crippen molar-refractivity contribution in [1.29, 1.82) is 0 Å². The Morgan fingerprint density at radius 3 is 2.66 bits per heavy atom. The van der Waals surface area contributed by atoms with Gasteiger partial charge >= 0.3 is 5.97 Å². The van der Waals surface area contributed by atoms with E-state index < -0.39 is 12.0 Å². The third kappa shape index (κ3) is 5.82. The molecule has 0 aliphatic carbocycles. The van der Waals surface area contributed by atoms with Crippen LogP contribution in [-0.4, -0.2) is 55.5 Å². The Morgan fingerprint density at radius 1 is 1.17 bits per heavy atom. The number of esters is 1. The average molecular weight is 413 g/mol. The van der Waals surface area contributed by atoms with Gasteiger partial charge in [0.05, 0.1) is 25.8 Å². The molecule has 1 aliphatic heterocycles. The van der Waals surface area contributed by atoms with Crippen molar-refractivity contribution in [3.05, 3.63) is 54.6 Å². The lowest BCUT2D eigenvalue weighted by molar-refractivity contribution is -0.146. The Hall–Kier alpha value is -2.84. The molecule has 2 aromatic carbocycles. The lowest BCUT2D eigenvalue weighted by Gasteiger charge is -2.33. The molecule has 0 aromatic heterocycles. The standard InChI is InChI=1S/C21H23N3O4S/c1-28-20(26)13-17-21(27)22-11-12-24(17)14-19(25)23-16-9-5-6-10-18(16)29-15-7-3-2-4-8-15/h2-10,17H,11-14H2,1H3,(H,22,27)(H,23,25). The third-order valence-corrected chi connectivity index (χ3v) is 5.59. The minimum Gasteiger partial charge on any atom is -0.469 e. The first-order chi connectivity index (χ1) is 14.1. The summed E-state index contributed by atoms with van der Waals surface area (Å²) in [6.45, 7) is 0.935. The van der Waals surface area contributed by atoms with Crippen molar-refractivity contribution in [3.63, 3.8) is 0 Å². The first-order valence-corrected chi connectivity index (χ1v) is 10.1. The number of methoxy groups -OCH3 is 1. The van der Waals surface area contributed by atoms with Crippen LogP contribution in [0.25, 0.3) is 0 Å². The number of ether oxygens (including phenoxy) is 1. The van der Waals surface area contributed by atoms with Gasteiger partial charge in [-0.05, 0) is 24.3 Å². The highest BCUT2D eigenvalue weighted by atomic mass is 32.2. The molecule has 3 rings (SSSR count). The molecular weight excluding hydrogens is 390 g/mol. The second-order valence-corrected chi connectivity index (χ2v) is 7.63. The number of piperazine rings is 1. The van der Waals surface area contributed by atoms with Crippen molar-refractivity contribution in [3.8, 4) is 0 Å². The van der Waals surface area contributed by atoms with E-state index in [2.05, 4.69) is 15.4 Å². The molecule has 2 N–H and O–H groups in total. The molecular formula is C21H23N3O4S. The van der Waals surface area contributed by atoms with Crippen LogP contribution in [0, 0.1) is 0 Å². The molecule has 8 heteroatoms. The molecule has 2 aromatic rings. The Bertz CT molecular complexity index is 875. The molecule has 0 bridgehead atoms. The fraction of sp³-hybridized carbons (Fsp3) is 0.286. The van der Waals surface area contributed by atoms with Crippen LogP contribution in [0.4, 0.5) is 5.69 Å². The molecule has 152 valence electrons. The van der Waals surface area contributed by atoms with Gasteiger partial charge in [-0.3, -0.25) is 19.3 Å². The summed E-state index contributed by atoms with van der Waals surface area (Å²) in [5.74, 6) is -0.993. The van der Waals surface area contributed by atoms with Gasteiger partial charge in [-0.25, -0.2) is 0 Å². The maximum absolute atomic E-state index is 12.7. The smallest absolute Gasteiger partial charge is 0.307 e.